The van der Waals surface area contributed by atoms with Crippen molar-refractivity contribution in [2.75, 3.05) is 25.9 Å². The molecule has 2 unspecified atom stereocenters. The molecule has 6 heteroatoms. The zero-order valence-corrected chi connectivity index (χ0v) is 12.8. The Hall–Kier alpha value is -0.620. The lowest BCUT2D eigenvalue weighted by atomic mass is 10.3. The summed E-state index contributed by atoms with van der Waals surface area (Å²) in [4.78, 5) is 13.1. The van der Waals surface area contributed by atoms with Crippen molar-refractivity contribution in [3.05, 3.63) is 0 Å². The van der Waals surface area contributed by atoms with Crippen LogP contribution >= 0.6 is 0 Å². The Labute approximate surface area is 112 Å². The Morgan fingerprint density at radius 3 is 2.44 bits per heavy atom. The molecule has 0 heterocycles. The number of urea groups is 1. The molecule has 2 amide bonds. The van der Waals surface area contributed by atoms with E-state index >= 15 is 0 Å². The van der Waals surface area contributed by atoms with Crippen molar-refractivity contribution in [3.8, 4) is 0 Å². The van der Waals surface area contributed by atoms with E-state index in [2.05, 4.69) is 5.32 Å². The summed E-state index contributed by atoms with van der Waals surface area (Å²) in [5, 5.41) is 11.8. The van der Waals surface area contributed by atoms with E-state index in [9.17, 15) is 9.00 Å². The van der Waals surface area contributed by atoms with E-state index in [4.69, 9.17) is 5.11 Å². The molecular weight excluding hydrogens is 252 g/mol. The van der Waals surface area contributed by atoms with Crippen LogP contribution in [-0.2, 0) is 10.8 Å². The molecule has 5 nitrogen and oxygen atoms in total. The molecule has 0 aromatic carbocycles. The highest BCUT2D eigenvalue weighted by atomic mass is 32.2. The first kappa shape index (κ1) is 17.4. The summed E-state index contributed by atoms with van der Waals surface area (Å²) in [5.41, 5.74) is 0. The molecule has 0 radical (unpaired) electrons. The molecule has 0 aromatic rings. The predicted molar refractivity (Wildman–Crippen MR) is 75.1 cm³/mol. The SMILES string of the molecule is CC(O)CCN(C)C(=O)NCCS(=O)C(C)(C)C. The zero-order chi connectivity index (χ0) is 14.3. The Kier molecular flexibility index (Phi) is 7.47. The highest BCUT2D eigenvalue weighted by molar-refractivity contribution is 7.86. The van der Waals surface area contributed by atoms with Crippen LogP contribution in [0.5, 0.6) is 0 Å². The van der Waals surface area contributed by atoms with E-state index in [0.29, 0.717) is 25.3 Å². The van der Waals surface area contributed by atoms with Gasteiger partial charge in [0, 0.05) is 41.4 Å². The Bertz CT molecular complexity index is 288. The fraction of sp³-hybridized carbons (Fsp3) is 0.917. The molecule has 0 rings (SSSR count). The fourth-order valence-corrected chi connectivity index (χ4v) is 2.07. The first-order valence-electron chi connectivity index (χ1n) is 6.20. The van der Waals surface area contributed by atoms with Gasteiger partial charge >= 0.3 is 6.03 Å². The van der Waals surface area contributed by atoms with Gasteiger partial charge in [-0.1, -0.05) is 0 Å². The molecule has 0 saturated carbocycles. The van der Waals surface area contributed by atoms with Crippen molar-refractivity contribution in [1.82, 2.24) is 10.2 Å². The van der Waals surface area contributed by atoms with Crippen LogP contribution in [0.3, 0.4) is 0 Å². The van der Waals surface area contributed by atoms with E-state index in [0.717, 1.165) is 0 Å². The summed E-state index contributed by atoms with van der Waals surface area (Å²) >= 11 is 0. The third-order valence-electron chi connectivity index (χ3n) is 2.48. The van der Waals surface area contributed by atoms with Gasteiger partial charge in [-0.2, -0.15) is 0 Å². The van der Waals surface area contributed by atoms with Gasteiger partial charge in [0.15, 0.2) is 0 Å². The fourth-order valence-electron chi connectivity index (χ4n) is 1.17. The van der Waals surface area contributed by atoms with Crippen LogP contribution in [-0.4, -0.2) is 57.0 Å². The monoisotopic (exact) mass is 278 g/mol. The third-order valence-corrected chi connectivity index (χ3v) is 4.42. The van der Waals surface area contributed by atoms with Gasteiger partial charge in [0.1, 0.15) is 0 Å². The predicted octanol–water partition coefficient (Wildman–Crippen LogP) is 0.946. The second-order valence-corrected chi connectivity index (χ2v) is 7.78. The van der Waals surface area contributed by atoms with Crippen LogP contribution in [0.4, 0.5) is 4.79 Å². The van der Waals surface area contributed by atoms with Gasteiger partial charge in [-0.25, -0.2) is 4.79 Å². The van der Waals surface area contributed by atoms with Crippen molar-refractivity contribution >= 4 is 16.8 Å². The molecule has 0 aliphatic rings. The maximum Gasteiger partial charge on any atom is 0.317 e. The number of hydrogen-bond donors (Lipinski definition) is 2. The normalized spacial score (nSPS) is 15.0. The first-order chi connectivity index (χ1) is 8.14. The number of rotatable bonds is 6. The lowest BCUT2D eigenvalue weighted by Crippen LogP contribution is -2.41. The number of carbonyl (C=O) groups excluding carboxylic acids is 1. The number of nitrogens with zero attached hydrogens (tertiary/aromatic N) is 1. The minimum Gasteiger partial charge on any atom is -0.393 e. The molecule has 0 aliphatic carbocycles. The van der Waals surface area contributed by atoms with Crippen molar-refractivity contribution in [2.45, 2.75) is 45.0 Å². The quantitative estimate of drug-likeness (QED) is 0.760. The summed E-state index contributed by atoms with van der Waals surface area (Å²) in [7, 11) is 0.728. The van der Waals surface area contributed by atoms with E-state index in [1.54, 1.807) is 14.0 Å². The lowest BCUT2D eigenvalue weighted by molar-refractivity contribution is 0.163. The van der Waals surface area contributed by atoms with Crippen molar-refractivity contribution in [3.63, 3.8) is 0 Å². The molecule has 0 bridgehead atoms. The molecule has 2 N–H and O–H groups in total. The van der Waals surface area contributed by atoms with Gasteiger partial charge in [-0.15, -0.1) is 0 Å². The van der Waals surface area contributed by atoms with Gasteiger partial charge in [-0.3, -0.25) is 4.21 Å². The van der Waals surface area contributed by atoms with E-state index in [1.165, 1.54) is 4.90 Å². The Morgan fingerprint density at radius 1 is 1.44 bits per heavy atom. The lowest BCUT2D eigenvalue weighted by Gasteiger charge is -2.20. The molecule has 0 aliphatic heterocycles. The minimum absolute atomic E-state index is 0.193. The van der Waals surface area contributed by atoms with E-state index < -0.39 is 16.9 Å². The van der Waals surface area contributed by atoms with Gasteiger partial charge in [0.05, 0.1) is 6.10 Å². The maximum absolute atomic E-state index is 11.7. The second-order valence-electron chi connectivity index (χ2n) is 5.45. The molecule has 0 saturated heterocycles. The Morgan fingerprint density at radius 2 is 2.00 bits per heavy atom. The van der Waals surface area contributed by atoms with Crippen LogP contribution in [0.1, 0.15) is 34.1 Å². The number of hydrogen-bond acceptors (Lipinski definition) is 3. The molecule has 2 atom stereocenters. The summed E-state index contributed by atoms with van der Waals surface area (Å²) in [6.07, 6.45) is 0.145. The number of aliphatic hydroxyl groups excluding tert-OH is 1. The van der Waals surface area contributed by atoms with Crippen molar-refractivity contribution < 1.29 is 14.1 Å². The van der Waals surface area contributed by atoms with E-state index in [-0.39, 0.29) is 10.8 Å². The van der Waals surface area contributed by atoms with Crippen LogP contribution in [0.25, 0.3) is 0 Å². The van der Waals surface area contributed by atoms with Crippen LogP contribution < -0.4 is 5.32 Å². The first-order valence-corrected chi connectivity index (χ1v) is 7.52. The molecule has 108 valence electrons. The third kappa shape index (κ3) is 7.66. The van der Waals surface area contributed by atoms with Gasteiger partial charge < -0.3 is 15.3 Å². The minimum atomic E-state index is -0.951. The average molecular weight is 278 g/mol. The number of nitrogens with one attached hydrogen (secondary N) is 1. The molecule has 0 aromatic heterocycles. The smallest absolute Gasteiger partial charge is 0.317 e. The molecule has 0 spiro atoms. The van der Waals surface area contributed by atoms with Crippen molar-refractivity contribution in [1.29, 1.82) is 0 Å². The molecular formula is C12H26N2O3S. The Balaban J connectivity index is 3.87. The number of carbonyl (C=O) groups is 1. The van der Waals surface area contributed by atoms with Crippen molar-refractivity contribution in [2.24, 2.45) is 0 Å². The van der Waals surface area contributed by atoms with Gasteiger partial charge in [-0.05, 0) is 34.1 Å². The average Bonchev–Trinajstić information content (AvgIpc) is 2.23. The highest BCUT2D eigenvalue weighted by Gasteiger charge is 2.19. The second kappa shape index (κ2) is 7.74. The van der Waals surface area contributed by atoms with E-state index in [1.807, 2.05) is 20.8 Å². The number of amides is 2. The summed E-state index contributed by atoms with van der Waals surface area (Å²) in [6, 6.07) is -0.193. The summed E-state index contributed by atoms with van der Waals surface area (Å²) in [5.74, 6) is 0.458. The van der Waals surface area contributed by atoms with Crippen LogP contribution in [0.2, 0.25) is 0 Å². The largest absolute Gasteiger partial charge is 0.393 e. The number of aliphatic hydroxyl groups is 1. The van der Waals surface area contributed by atoms with Gasteiger partial charge in [0.25, 0.3) is 0 Å². The molecule has 18 heavy (non-hydrogen) atoms. The summed E-state index contributed by atoms with van der Waals surface area (Å²) < 4.78 is 11.5. The maximum atomic E-state index is 11.7. The summed E-state index contributed by atoms with van der Waals surface area (Å²) in [6.45, 7) is 8.35. The topological polar surface area (TPSA) is 69.6 Å². The highest BCUT2D eigenvalue weighted by Crippen LogP contribution is 2.10. The zero-order valence-electron chi connectivity index (χ0n) is 12.0. The molecule has 0 fully saturated rings. The van der Waals surface area contributed by atoms with Gasteiger partial charge in [0.2, 0.25) is 0 Å². The standard InChI is InChI=1S/C12H26N2O3S/c1-10(15)6-8-14(5)11(16)13-7-9-18(17)12(2,3)4/h10,15H,6-9H2,1-5H3,(H,13,16). The van der Waals surface area contributed by atoms with Crippen LogP contribution in [0.15, 0.2) is 0 Å². The van der Waals surface area contributed by atoms with Crippen LogP contribution in [0, 0.1) is 0 Å².